The third kappa shape index (κ3) is 3.25. The summed E-state index contributed by atoms with van der Waals surface area (Å²) < 4.78 is 4.95. The van der Waals surface area contributed by atoms with Crippen LogP contribution in [-0.2, 0) is 4.74 Å². The number of hydrogen-bond donors (Lipinski definition) is 2. The lowest BCUT2D eigenvalue weighted by Gasteiger charge is -2.06. The molecule has 7 heteroatoms. The average Bonchev–Trinajstić information content (AvgIpc) is 2.78. The molecular formula is C12H14N4O2S. The van der Waals surface area contributed by atoms with Crippen LogP contribution >= 0.6 is 11.8 Å². The third-order valence-corrected chi connectivity index (χ3v) is 3.24. The van der Waals surface area contributed by atoms with Crippen LogP contribution in [0, 0.1) is 6.92 Å². The van der Waals surface area contributed by atoms with Crippen molar-refractivity contribution in [2.24, 2.45) is 0 Å². The topological polar surface area (TPSA) is 93.9 Å². The summed E-state index contributed by atoms with van der Waals surface area (Å²) in [5, 5.41) is 7.33. The van der Waals surface area contributed by atoms with Gasteiger partial charge in [0.05, 0.1) is 12.2 Å². The molecule has 1 aromatic heterocycles. The Kier molecular flexibility index (Phi) is 4.06. The molecule has 0 aliphatic rings. The van der Waals surface area contributed by atoms with Crippen molar-refractivity contribution in [2.75, 3.05) is 12.3 Å². The van der Waals surface area contributed by atoms with Crippen LogP contribution in [0.5, 0.6) is 0 Å². The number of hydrogen-bond acceptors (Lipinski definition) is 6. The van der Waals surface area contributed by atoms with E-state index in [0.29, 0.717) is 23.0 Å². The molecule has 0 bridgehead atoms. The van der Waals surface area contributed by atoms with Crippen LogP contribution in [0.4, 0.5) is 5.69 Å². The van der Waals surface area contributed by atoms with Crippen LogP contribution in [0.25, 0.3) is 0 Å². The van der Waals surface area contributed by atoms with Crippen molar-refractivity contribution in [1.29, 1.82) is 0 Å². The summed E-state index contributed by atoms with van der Waals surface area (Å²) in [6.07, 6.45) is 0. The van der Waals surface area contributed by atoms with Crippen molar-refractivity contribution in [2.45, 2.75) is 23.9 Å². The Morgan fingerprint density at radius 1 is 1.53 bits per heavy atom. The predicted octanol–water partition coefficient (Wildman–Crippen LogP) is 2.02. The Morgan fingerprint density at radius 2 is 2.32 bits per heavy atom. The Balaban J connectivity index is 2.24. The second-order valence-corrected chi connectivity index (χ2v) is 4.79. The summed E-state index contributed by atoms with van der Waals surface area (Å²) in [5.74, 6) is 0.359. The number of benzene rings is 1. The first-order valence-corrected chi connectivity index (χ1v) is 6.55. The lowest BCUT2D eigenvalue weighted by molar-refractivity contribution is 0.0526. The molecule has 0 saturated heterocycles. The van der Waals surface area contributed by atoms with E-state index in [9.17, 15) is 4.79 Å². The van der Waals surface area contributed by atoms with Gasteiger partial charge in [0.15, 0.2) is 0 Å². The second kappa shape index (κ2) is 5.75. The van der Waals surface area contributed by atoms with Crippen LogP contribution in [0.1, 0.15) is 23.1 Å². The van der Waals surface area contributed by atoms with Crippen LogP contribution in [0.15, 0.2) is 28.3 Å². The number of rotatable bonds is 4. The normalized spacial score (nSPS) is 10.4. The lowest BCUT2D eigenvalue weighted by Crippen LogP contribution is -2.05. The van der Waals surface area contributed by atoms with Crippen molar-refractivity contribution in [3.8, 4) is 0 Å². The van der Waals surface area contributed by atoms with Crippen molar-refractivity contribution in [1.82, 2.24) is 15.2 Å². The molecule has 2 aromatic rings. The summed E-state index contributed by atoms with van der Waals surface area (Å²) >= 11 is 1.30. The van der Waals surface area contributed by atoms with E-state index in [1.54, 1.807) is 25.1 Å². The summed E-state index contributed by atoms with van der Waals surface area (Å²) in [5.41, 5.74) is 6.91. The summed E-state index contributed by atoms with van der Waals surface area (Å²) in [6, 6.07) is 5.00. The number of aryl methyl sites for hydroxylation is 1. The van der Waals surface area contributed by atoms with Crippen molar-refractivity contribution >= 4 is 23.4 Å². The summed E-state index contributed by atoms with van der Waals surface area (Å²) in [4.78, 5) is 16.6. The molecule has 0 aliphatic carbocycles. The number of carbonyl (C=O) groups excluding carboxylic acids is 1. The largest absolute Gasteiger partial charge is 0.462 e. The number of aromatic amines is 1. The van der Waals surface area contributed by atoms with Gasteiger partial charge in [0, 0.05) is 10.6 Å². The fraction of sp³-hybridized carbons (Fsp3) is 0.250. The van der Waals surface area contributed by atoms with E-state index in [2.05, 4.69) is 15.2 Å². The Hall–Kier alpha value is -2.02. The van der Waals surface area contributed by atoms with E-state index in [1.165, 1.54) is 11.8 Å². The van der Waals surface area contributed by atoms with Gasteiger partial charge in [0.2, 0.25) is 5.16 Å². The number of H-pyrrole nitrogens is 1. The van der Waals surface area contributed by atoms with Gasteiger partial charge in [0.1, 0.15) is 5.82 Å². The highest BCUT2D eigenvalue weighted by atomic mass is 32.2. The van der Waals surface area contributed by atoms with Crippen LogP contribution < -0.4 is 5.73 Å². The van der Waals surface area contributed by atoms with Crippen LogP contribution in [-0.4, -0.2) is 27.8 Å². The zero-order chi connectivity index (χ0) is 13.8. The fourth-order valence-corrected chi connectivity index (χ4v) is 2.27. The van der Waals surface area contributed by atoms with Gasteiger partial charge in [-0.1, -0.05) is 0 Å². The number of ether oxygens (including phenoxy) is 1. The molecular weight excluding hydrogens is 264 g/mol. The molecule has 0 atom stereocenters. The van der Waals surface area contributed by atoms with Crippen molar-refractivity contribution in [3.63, 3.8) is 0 Å². The van der Waals surface area contributed by atoms with Gasteiger partial charge in [0.25, 0.3) is 0 Å². The third-order valence-electron chi connectivity index (χ3n) is 2.30. The second-order valence-electron chi connectivity index (χ2n) is 3.78. The highest BCUT2D eigenvalue weighted by molar-refractivity contribution is 7.99. The highest BCUT2D eigenvalue weighted by Gasteiger charge is 2.11. The molecule has 0 unspecified atom stereocenters. The molecule has 19 heavy (non-hydrogen) atoms. The fourth-order valence-electron chi connectivity index (χ4n) is 1.43. The first-order valence-electron chi connectivity index (χ1n) is 5.73. The van der Waals surface area contributed by atoms with Gasteiger partial charge < -0.3 is 10.5 Å². The maximum Gasteiger partial charge on any atom is 0.338 e. The Morgan fingerprint density at radius 3 is 2.95 bits per heavy atom. The number of esters is 1. The Bertz CT molecular complexity index is 597. The van der Waals surface area contributed by atoms with Gasteiger partial charge in [-0.05, 0) is 43.8 Å². The van der Waals surface area contributed by atoms with Crippen molar-refractivity contribution < 1.29 is 9.53 Å². The molecule has 0 radical (unpaired) electrons. The molecule has 100 valence electrons. The lowest BCUT2D eigenvalue weighted by atomic mass is 10.2. The molecule has 1 aromatic carbocycles. The number of nitrogens with one attached hydrogen (secondary N) is 1. The average molecular weight is 278 g/mol. The molecule has 1 heterocycles. The minimum atomic E-state index is -0.365. The molecule has 6 nitrogen and oxygen atoms in total. The minimum Gasteiger partial charge on any atom is -0.462 e. The predicted molar refractivity (Wildman–Crippen MR) is 72.1 cm³/mol. The smallest absolute Gasteiger partial charge is 0.338 e. The van der Waals surface area contributed by atoms with E-state index in [4.69, 9.17) is 10.5 Å². The first-order chi connectivity index (χ1) is 9.10. The van der Waals surface area contributed by atoms with E-state index in [0.717, 1.165) is 10.7 Å². The molecule has 2 rings (SSSR count). The number of anilines is 1. The summed E-state index contributed by atoms with van der Waals surface area (Å²) in [7, 11) is 0. The molecule has 3 N–H and O–H groups in total. The monoisotopic (exact) mass is 278 g/mol. The Labute approximate surface area is 114 Å². The molecule has 0 fully saturated rings. The van der Waals surface area contributed by atoms with E-state index in [-0.39, 0.29) is 5.97 Å². The molecule has 0 spiro atoms. The van der Waals surface area contributed by atoms with Gasteiger partial charge in [-0.3, -0.25) is 5.10 Å². The first kappa shape index (κ1) is 13.4. The zero-order valence-corrected chi connectivity index (χ0v) is 11.5. The summed E-state index contributed by atoms with van der Waals surface area (Å²) in [6.45, 7) is 3.92. The van der Waals surface area contributed by atoms with Crippen LogP contribution in [0.3, 0.4) is 0 Å². The van der Waals surface area contributed by atoms with E-state index < -0.39 is 0 Å². The van der Waals surface area contributed by atoms with Gasteiger partial charge >= 0.3 is 5.97 Å². The molecule has 0 saturated carbocycles. The van der Waals surface area contributed by atoms with Gasteiger partial charge in [-0.2, -0.15) is 0 Å². The number of aromatic nitrogens is 3. The maximum absolute atomic E-state index is 11.7. The highest BCUT2D eigenvalue weighted by Crippen LogP contribution is 2.30. The molecule has 0 amide bonds. The molecule has 0 aliphatic heterocycles. The zero-order valence-electron chi connectivity index (χ0n) is 10.6. The number of carbonyl (C=O) groups is 1. The minimum absolute atomic E-state index is 0.339. The SMILES string of the molecule is CCOC(=O)c1ccc(N)c(Sc2n[nH]c(C)n2)c1. The van der Waals surface area contributed by atoms with Crippen molar-refractivity contribution in [3.05, 3.63) is 29.6 Å². The number of nitrogens with two attached hydrogens (primary N) is 1. The standard InChI is InChI=1S/C12H14N4O2S/c1-3-18-11(17)8-4-5-9(13)10(6-8)19-12-14-7(2)15-16-12/h4-6H,3,13H2,1-2H3,(H,14,15,16). The van der Waals surface area contributed by atoms with E-state index in [1.807, 2.05) is 6.92 Å². The van der Waals surface area contributed by atoms with E-state index >= 15 is 0 Å². The number of nitrogens with zero attached hydrogens (tertiary/aromatic N) is 2. The number of nitrogen functional groups attached to an aromatic ring is 1. The quantitative estimate of drug-likeness (QED) is 0.656. The van der Waals surface area contributed by atoms with Crippen LogP contribution in [0.2, 0.25) is 0 Å². The van der Waals surface area contributed by atoms with Gasteiger partial charge in [-0.25, -0.2) is 9.78 Å². The van der Waals surface area contributed by atoms with Gasteiger partial charge in [-0.15, -0.1) is 5.10 Å². The maximum atomic E-state index is 11.7.